The molecule has 102 valence electrons. The highest BCUT2D eigenvalue weighted by molar-refractivity contribution is 6.14. The summed E-state index contributed by atoms with van der Waals surface area (Å²) in [6.07, 6.45) is 0. The van der Waals surface area contributed by atoms with Crippen LogP contribution in [-0.4, -0.2) is 23.3 Å². The minimum Gasteiger partial charge on any atom is -0.436 e. The van der Waals surface area contributed by atoms with E-state index >= 15 is 0 Å². The fourth-order valence-electron chi connectivity index (χ4n) is 2.27. The van der Waals surface area contributed by atoms with Crippen molar-refractivity contribution in [1.29, 1.82) is 0 Å². The van der Waals surface area contributed by atoms with Gasteiger partial charge in [-0.05, 0) is 19.1 Å². The third-order valence-corrected chi connectivity index (χ3v) is 3.11. The molecule has 0 saturated carbocycles. The molecule has 1 aromatic carbocycles. The molecule has 1 N–H and O–H groups in total. The number of nitrogens with zero attached hydrogens (tertiary/aromatic N) is 2. The van der Waals surface area contributed by atoms with Crippen LogP contribution in [0.5, 0.6) is 0 Å². The molecule has 0 fully saturated rings. The number of aromatic nitrogens is 1. The number of amides is 2. The maximum absolute atomic E-state index is 12.6. The van der Waals surface area contributed by atoms with Gasteiger partial charge in [0, 0.05) is 6.92 Å². The van der Waals surface area contributed by atoms with E-state index in [9.17, 15) is 9.59 Å². The van der Waals surface area contributed by atoms with Gasteiger partial charge in [-0.1, -0.05) is 12.1 Å². The molecule has 0 bridgehead atoms. The van der Waals surface area contributed by atoms with Crippen molar-refractivity contribution in [3.63, 3.8) is 0 Å². The highest BCUT2D eigenvalue weighted by Gasteiger charge is 2.30. The van der Waals surface area contributed by atoms with E-state index < -0.39 is 0 Å². The molecule has 6 heteroatoms. The van der Waals surface area contributed by atoms with Crippen LogP contribution < -0.4 is 10.2 Å². The number of fused-ring (bicyclic) bond motifs is 1. The van der Waals surface area contributed by atoms with Gasteiger partial charge in [0.15, 0.2) is 5.89 Å². The van der Waals surface area contributed by atoms with Gasteiger partial charge in [-0.25, -0.2) is 4.98 Å². The van der Waals surface area contributed by atoms with Crippen molar-refractivity contribution in [2.24, 2.45) is 0 Å². The number of hydrogen-bond donors (Lipinski definition) is 1. The first-order valence-electron chi connectivity index (χ1n) is 6.21. The number of oxazole rings is 1. The van der Waals surface area contributed by atoms with E-state index in [-0.39, 0.29) is 24.1 Å². The van der Waals surface area contributed by atoms with Crippen LogP contribution in [0.15, 0.2) is 28.7 Å². The quantitative estimate of drug-likeness (QED) is 0.859. The molecule has 2 heterocycles. The molecule has 0 unspecified atom stereocenters. The van der Waals surface area contributed by atoms with Crippen molar-refractivity contribution >= 4 is 23.2 Å². The van der Waals surface area contributed by atoms with Gasteiger partial charge in [0.1, 0.15) is 6.54 Å². The first kappa shape index (κ1) is 12.4. The zero-order chi connectivity index (χ0) is 14.3. The Kier molecular flexibility index (Phi) is 2.78. The van der Waals surface area contributed by atoms with Gasteiger partial charge in [0.25, 0.3) is 5.91 Å². The van der Waals surface area contributed by atoms with Crippen LogP contribution in [0.1, 0.15) is 22.1 Å². The predicted octanol–water partition coefficient (Wildman–Crippen LogP) is 1.89. The molecule has 6 nitrogen and oxygen atoms in total. The van der Waals surface area contributed by atoms with Gasteiger partial charge >= 0.3 is 0 Å². The standard InChI is InChI=1S/C14H13N3O3/c1-8-13(20-9(2)15-8)14(19)17-7-12(18)16-10-5-3-4-6-11(10)17/h3-6H,7H2,1-2H3,(H,16,18). The average Bonchev–Trinajstić information content (AvgIpc) is 2.76. The lowest BCUT2D eigenvalue weighted by molar-refractivity contribution is -0.115. The van der Waals surface area contributed by atoms with E-state index in [0.29, 0.717) is 23.0 Å². The smallest absolute Gasteiger partial charge is 0.296 e. The molecule has 1 aliphatic heterocycles. The molecule has 0 aliphatic carbocycles. The number of carbonyl (C=O) groups is 2. The maximum atomic E-state index is 12.6. The van der Waals surface area contributed by atoms with Crippen LogP contribution >= 0.6 is 0 Å². The summed E-state index contributed by atoms with van der Waals surface area (Å²) in [5, 5.41) is 2.74. The van der Waals surface area contributed by atoms with Gasteiger partial charge in [0.2, 0.25) is 11.7 Å². The summed E-state index contributed by atoms with van der Waals surface area (Å²) in [5.74, 6) is 0.0175. The minimum atomic E-state index is -0.356. The summed E-state index contributed by atoms with van der Waals surface area (Å²) in [5.41, 5.74) is 1.80. The highest BCUT2D eigenvalue weighted by atomic mass is 16.4. The summed E-state index contributed by atoms with van der Waals surface area (Å²) < 4.78 is 5.35. The summed E-state index contributed by atoms with van der Waals surface area (Å²) >= 11 is 0. The Balaban J connectivity index is 2.04. The fraction of sp³-hybridized carbons (Fsp3) is 0.214. The van der Waals surface area contributed by atoms with Gasteiger partial charge in [-0.3, -0.25) is 14.5 Å². The molecular formula is C14H13N3O3. The van der Waals surface area contributed by atoms with Crippen molar-refractivity contribution in [2.75, 3.05) is 16.8 Å². The van der Waals surface area contributed by atoms with E-state index in [2.05, 4.69) is 10.3 Å². The summed E-state index contributed by atoms with van der Waals surface area (Å²) in [7, 11) is 0. The number of para-hydroxylation sites is 2. The van der Waals surface area contributed by atoms with Gasteiger partial charge in [-0.15, -0.1) is 0 Å². The molecule has 0 spiro atoms. The summed E-state index contributed by atoms with van der Waals surface area (Å²) in [6.45, 7) is 3.36. The first-order chi connectivity index (χ1) is 9.56. The third-order valence-electron chi connectivity index (χ3n) is 3.11. The second kappa shape index (κ2) is 4.48. The van der Waals surface area contributed by atoms with Crippen molar-refractivity contribution in [3.05, 3.63) is 41.6 Å². The molecule has 0 atom stereocenters. The van der Waals surface area contributed by atoms with E-state index in [0.717, 1.165) is 0 Å². The van der Waals surface area contributed by atoms with Crippen LogP contribution in [0.4, 0.5) is 11.4 Å². The number of hydrogen-bond acceptors (Lipinski definition) is 4. The van der Waals surface area contributed by atoms with Crippen molar-refractivity contribution in [2.45, 2.75) is 13.8 Å². The number of nitrogens with one attached hydrogen (secondary N) is 1. The van der Waals surface area contributed by atoms with Crippen molar-refractivity contribution < 1.29 is 14.0 Å². The predicted molar refractivity (Wildman–Crippen MR) is 72.7 cm³/mol. The van der Waals surface area contributed by atoms with Crippen molar-refractivity contribution in [3.8, 4) is 0 Å². The van der Waals surface area contributed by atoms with E-state index in [4.69, 9.17) is 4.42 Å². The van der Waals surface area contributed by atoms with Gasteiger partial charge < -0.3 is 9.73 Å². The van der Waals surface area contributed by atoms with Crippen LogP contribution in [0.2, 0.25) is 0 Å². The lowest BCUT2D eigenvalue weighted by Crippen LogP contribution is -2.42. The Bertz CT molecular complexity index is 705. The van der Waals surface area contributed by atoms with E-state index in [1.165, 1.54) is 4.90 Å². The molecule has 0 saturated heterocycles. The van der Waals surface area contributed by atoms with E-state index in [1.807, 2.05) is 6.07 Å². The highest BCUT2D eigenvalue weighted by Crippen LogP contribution is 2.30. The van der Waals surface area contributed by atoms with Crippen LogP contribution in [0.25, 0.3) is 0 Å². The largest absolute Gasteiger partial charge is 0.436 e. The number of aryl methyl sites for hydroxylation is 2. The third kappa shape index (κ3) is 1.95. The summed E-state index contributed by atoms with van der Waals surface area (Å²) in [4.78, 5) is 29.8. The molecule has 3 rings (SSSR count). The zero-order valence-electron chi connectivity index (χ0n) is 11.1. The van der Waals surface area contributed by atoms with Crippen LogP contribution in [0, 0.1) is 13.8 Å². The van der Waals surface area contributed by atoms with E-state index in [1.54, 1.807) is 32.0 Å². The Morgan fingerprint density at radius 2 is 2.10 bits per heavy atom. The Morgan fingerprint density at radius 1 is 1.35 bits per heavy atom. The molecule has 2 amide bonds. The average molecular weight is 271 g/mol. The molecule has 2 aromatic rings. The first-order valence-corrected chi connectivity index (χ1v) is 6.21. The number of benzene rings is 1. The monoisotopic (exact) mass is 271 g/mol. The Morgan fingerprint density at radius 3 is 2.80 bits per heavy atom. The van der Waals surface area contributed by atoms with Crippen LogP contribution in [-0.2, 0) is 4.79 Å². The van der Waals surface area contributed by atoms with Crippen LogP contribution in [0.3, 0.4) is 0 Å². The van der Waals surface area contributed by atoms with Gasteiger partial charge in [0.05, 0.1) is 17.1 Å². The molecule has 1 aliphatic rings. The van der Waals surface area contributed by atoms with Gasteiger partial charge in [-0.2, -0.15) is 0 Å². The lowest BCUT2D eigenvalue weighted by Gasteiger charge is -2.28. The molecule has 0 radical (unpaired) electrons. The molecule has 1 aromatic heterocycles. The minimum absolute atomic E-state index is 0.0327. The topological polar surface area (TPSA) is 75.4 Å². The SMILES string of the molecule is Cc1nc(C)c(C(=O)N2CC(=O)Nc3ccccc32)o1. The number of carbonyl (C=O) groups excluding carboxylic acids is 2. The zero-order valence-corrected chi connectivity index (χ0v) is 11.1. The number of anilines is 2. The fourth-order valence-corrected chi connectivity index (χ4v) is 2.27. The molecule has 20 heavy (non-hydrogen) atoms. The Hall–Kier alpha value is -2.63. The second-order valence-corrected chi connectivity index (χ2v) is 4.60. The normalized spacial score (nSPS) is 13.9. The second-order valence-electron chi connectivity index (χ2n) is 4.60. The summed E-state index contributed by atoms with van der Waals surface area (Å²) in [6, 6.07) is 7.16. The number of rotatable bonds is 1. The lowest BCUT2D eigenvalue weighted by atomic mass is 10.1. The maximum Gasteiger partial charge on any atom is 0.296 e. The molecular weight excluding hydrogens is 258 g/mol. The van der Waals surface area contributed by atoms with Crippen molar-refractivity contribution in [1.82, 2.24) is 4.98 Å². The Labute approximate surface area is 115 Å².